The summed E-state index contributed by atoms with van der Waals surface area (Å²) in [4.78, 5) is 7.17. The Morgan fingerprint density at radius 2 is 1.86 bits per heavy atom. The lowest BCUT2D eigenvalue weighted by molar-refractivity contribution is 0.297. The minimum atomic E-state index is -3.47. The number of nitrogens with one attached hydrogen (secondary N) is 1. The standard InChI is InChI=1S/C25H31N7O3S/c1-36(33,34)35-17-16-31-19-21(18-26-31)23-7-4-8-24-28-25(29-32(23)24)27-22-11-9-20(10-12-22)6-5-15-30-13-2-3-14-30/h4,7-12,18-19H,2-3,5-6,13-17H2,1H3,(H,27,29). The molecule has 1 saturated heterocycles. The molecule has 10 nitrogen and oxygen atoms in total. The molecule has 0 unspecified atom stereocenters. The van der Waals surface area contributed by atoms with Crippen molar-refractivity contribution in [3.05, 3.63) is 60.4 Å². The second-order valence-electron chi connectivity index (χ2n) is 9.11. The van der Waals surface area contributed by atoms with Crippen molar-refractivity contribution in [2.45, 2.75) is 32.2 Å². The van der Waals surface area contributed by atoms with Crippen LogP contribution in [-0.4, -0.2) is 70.2 Å². The van der Waals surface area contributed by atoms with Crippen LogP contribution in [0.1, 0.15) is 24.8 Å². The average molecular weight is 510 g/mol. The second kappa shape index (κ2) is 10.8. The van der Waals surface area contributed by atoms with Gasteiger partial charge >= 0.3 is 0 Å². The van der Waals surface area contributed by atoms with Crippen LogP contribution in [0, 0.1) is 0 Å². The molecule has 1 aliphatic heterocycles. The van der Waals surface area contributed by atoms with Gasteiger partial charge in [-0.3, -0.25) is 8.86 Å². The van der Waals surface area contributed by atoms with Gasteiger partial charge in [0, 0.05) is 17.4 Å². The van der Waals surface area contributed by atoms with Gasteiger partial charge in [0.05, 0.1) is 31.3 Å². The van der Waals surface area contributed by atoms with Gasteiger partial charge in [0.2, 0.25) is 5.95 Å². The number of hydrogen-bond acceptors (Lipinski definition) is 8. The zero-order chi connectivity index (χ0) is 25.0. The number of nitrogens with zero attached hydrogens (tertiary/aromatic N) is 6. The molecule has 0 bridgehead atoms. The first-order chi connectivity index (χ1) is 17.4. The molecule has 0 radical (unpaired) electrons. The third kappa shape index (κ3) is 6.28. The van der Waals surface area contributed by atoms with Gasteiger partial charge in [-0.15, -0.1) is 5.10 Å². The summed E-state index contributed by atoms with van der Waals surface area (Å²) >= 11 is 0. The van der Waals surface area contributed by atoms with E-state index in [1.54, 1.807) is 15.4 Å². The van der Waals surface area contributed by atoms with Crippen molar-refractivity contribution < 1.29 is 12.6 Å². The van der Waals surface area contributed by atoms with Crippen molar-refractivity contribution in [3.8, 4) is 11.3 Å². The fourth-order valence-corrected chi connectivity index (χ4v) is 4.85. The predicted molar refractivity (Wildman–Crippen MR) is 139 cm³/mol. The number of aromatic nitrogens is 5. The van der Waals surface area contributed by atoms with Gasteiger partial charge in [0.15, 0.2) is 5.65 Å². The third-order valence-electron chi connectivity index (χ3n) is 6.26. The Hall–Kier alpha value is -3.28. The van der Waals surface area contributed by atoms with Gasteiger partial charge in [-0.05, 0) is 75.1 Å². The van der Waals surface area contributed by atoms with E-state index >= 15 is 0 Å². The lowest BCUT2D eigenvalue weighted by atomic mass is 10.1. The van der Waals surface area contributed by atoms with E-state index in [2.05, 4.69) is 49.7 Å². The van der Waals surface area contributed by atoms with Crippen LogP contribution in [0.4, 0.5) is 11.6 Å². The minimum absolute atomic E-state index is 0.0266. The van der Waals surface area contributed by atoms with E-state index in [9.17, 15) is 8.42 Å². The molecule has 5 rings (SSSR count). The number of anilines is 2. The number of hydrogen-bond donors (Lipinski definition) is 1. The van der Waals surface area contributed by atoms with Crippen molar-refractivity contribution in [1.29, 1.82) is 0 Å². The Kier molecular flexibility index (Phi) is 7.30. The van der Waals surface area contributed by atoms with E-state index < -0.39 is 10.1 Å². The average Bonchev–Trinajstić information content (AvgIpc) is 3.60. The number of likely N-dealkylation sites (tertiary alicyclic amines) is 1. The van der Waals surface area contributed by atoms with Gasteiger partial charge in [0.25, 0.3) is 10.1 Å². The molecule has 0 atom stereocenters. The molecule has 4 heterocycles. The first kappa shape index (κ1) is 24.4. The molecule has 11 heteroatoms. The van der Waals surface area contributed by atoms with Crippen LogP contribution in [0.3, 0.4) is 0 Å². The van der Waals surface area contributed by atoms with E-state index in [1.807, 2.05) is 24.4 Å². The first-order valence-corrected chi connectivity index (χ1v) is 14.1. The molecular formula is C25H31N7O3S. The summed E-state index contributed by atoms with van der Waals surface area (Å²) in [7, 11) is -3.47. The molecule has 1 aliphatic rings. The largest absolute Gasteiger partial charge is 0.323 e. The second-order valence-corrected chi connectivity index (χ2v) is 10.8. The summed E-state index contributed by atoms with van der Waals surface area (Å²) in [5.74, 6) is 0.512. The topological polar surface area (TPSA) is 107 Å². The molecule has 190 valence electrons. The molecule has 36 heavy (non-hydrogen) atoms. The van der Waals surface area contributed by atoms with Gasteiger partial charge in [-0.2, -0.15) is 18.5 Å². The molecule has 4 aromatic rings. The molecule has 1 fully saturated rings. The minimum Gasteiger partial charge on any atom is -0.323 e. The van der Waals surface area contributed by atoms with E-state index in [1.165, 1.54) is 44.5 Å². The maximum absolute atomic E-state index is 11.2. The fraction of sp³-hybridized carbons (Fsp3) is 0.400. The van der Waals surface area contributed by atoms with Gasteiger partial charge in [-0.25, -0.2) is 4.52 Å². The number of fused-ring (bicyclic) bond motifs is 1. The van der Waals surface area contributed by atoms with Crippen LogP contribution in [-0.2, 0) is 27.3 Å². The highest BCUT2D eigenvalue weighted by Crippen LogP contribution is 2.22. The molecule has 1 aromatic carbocycles. The summed E-state index contributed by atoms with van der Waals surface area (Å²) in [5.41, 5.74) is 4.66. The summed E-state index contributed by atoms with van der Waals surface area (Å²) < 4.78 is 30.5. The SMILES string of the molecule is CS(=O)(=O)OCCn1cc(-c2cccc3nc(Nc4ccc(CCCN5CCCC5)cc4)nn23)cn1. The molecule has 1 N–H and O–H groups in total. The zero-order valence-electron chi connectivity index (χ0n) is 20.4. The molecular weight excluding hydrogens is 478 g/mol. The van der Waals surface area contributed by atoms with Crippen LogP contribution in [0.15, 0.2) is 54.9 Å². The Morgan fingerprint density at radius 1 is 1.06 bits per heavy atom. The number of benzene rings is 1. The zero-order valence-corrected chi connectivity index (χ0v) is 21.2. The molecule has 0 amide bonds. The smallest absolute Gasteiger partial charge is 0.264 e. The predicted octanol–water partition coefficient (Wildman–Crippen LogP) is 3.34. The summed E-state index contributed by atoms with van der Waals surface area (Å²) in [6, 6.07) is 14.2. The van der Waals surface area contributed by atoms with Crippen LogP contribution in [0.25, 0.3) is 16.9 Å². The monoisotopic (exact) mass is 509 g/mol. The van der Waals surface area contributed by atoms with Gasteiger partial charge in [-0.1, -0.05) is 18.2 Å². The van der Waals surface area contributed by atoms with Crippen LogP contribution < -0.4 is 5.32 Å². The van der Waals surface area contributed by atoms with Crippen molar-refractivity contribution in [1.82, 2.24) is 29.3 Å². The lowest BCUT2D eigenvalue weighted by Gasteiger charge is -2.14. The summed E-state index contributed by atoms with van der Waals surface area (Å²) in [5, 5.41) is 12.3. The number of aryl methyl sites for hydroxylation is 1. The molecule has 3 aromatic heterocycles. The highest BCUT2D eigenvalue weighted by Gasteiger charge is 2.12. The Balaban J connectivity index is 1.22. The van der Waals surface area contributed by atoms with Gasteiger partial charge < -0.3 is 10.2 Å². The summed E-state index contributed by atoms with van der Waals surface area (Å²) in [6.07, 6.45) is 9.52. The Bertz CT molecular complexity index is 1410. The van der Waals surface area contributed by atoms with Crippen LogP contribution in [0.5, 0.6) is 0 Å². The maximum Gasteiger partial charge on any atom is 0.264 e. The first-order valence-electron chi connectivity index (χ1n) is 12.2. The van der Waals surface area contributed by atoms with Crippen molar-refractivity contribution >= 4 is 27.4 Å². The van der Waals surface area contributed by atoms with E-state index in [4.69, 9.17) is 4.18 Å². The third-order valence-corrected chi connectivity index (χ3v) is 6.85. The molecule has 0 aliphatic carbocycles. The maximum atomic E-state index is 11.2. The van der Waals surface area contributed by atoms with E-state index in [0.717, 1.165) is 29.6 Å². The number of rotatable bonds is 11. The van der Waals surface area contributed by atoms with Crippen molar-refractivity contribution in [2.75, 3.05) is 37.8 Å². The molecule has 0 spiro atoms. The quantitative estimate of drug-likeness (QED) is 0.307. The lowest BCUT2D eigenvalue weighted by Crippen LogP contribution is -2.20. The Morgan fingerprint density at radius 3 is 2.64 bits per heavy atom. The highest BCUT2D eigenvalue weighted by molar-refractivity contribution is 7.85. The fourth-order valence-electron chi connectivity index (χ4n) is 4.47. The molecule has 0 saturated carbocycles. The van der Waals surface area contributed by atoms with E-state index in [-0.39, 0.29) is 6.61 Å². The van der Waals surface area contributed by atoms with Crippen LogP contribution >= 0.6 is 0 Å². The van der Waals surface area contributed by atoms with Crippen molar-refractivity contribution in [2.24, 2.45) is 0 Å². The Labute approximate surface area is 211 Å². The number of pyridine rings is 1. The van der Waals surface area contributed by atoms with E-state index in [0.29, 0.717) is 18.1 Å². The highest BCUT2D eigenvalue weighted by atomic mass is 32.2. The van der Waals surface area contributed by atoms with Gasteiger partial charge in [0.1, 0.15) is 0 Å². The van der Waals surface area contributed by atoms with Crippen LogP contribution in [0.2, 0.25) is 0 Å². The van der Waals surface area contributed by atoms with Crippen molar-refractivity contribution in [3.63, 3.8) is 0 Å². The summed E-state index contributed by atoms with van der Waals surface area (Å²) in [6.45, 7) is 4.03. The normalized spacial score (nSPS) is 14.6.